The molecule has 5 rings (SSSR count). The Hall–Kier alpha value is -4.07. The minimum absolute atomic E-state index is 0.242. The summed E-state index contributed by atoms with van der Waals surface area (Å²) >= 11 is 6.41. The minimum atomic E-state index is -0.242. The summed E-state index contributed by atoms with van der Waals surface area (Å²) in [5.41, 5.74) is 9.42. The van der Waals surface area contributed by atoms with E-state index in [1.807, 2.05) is 86.6 Å². The molecule has 1 N–H and O–H groups in total. The maximum atomic E-state index is 12.7. The van der Waals surface area contributed by atoms with E-state index in [0.717, 1.165) is 66.8 Å². The van der Waals surface area contributed by atoms with E-state index in [1.54, 1.807) is 13.3 Å². The van der Waals surface area contributed by atoms with Crippen molar-refractivity contribution in [3.63, 3.8) is 0 Å². The van der Waals surface area contributed by atoms with E-state index in [4.69, 9.17) is 16.3 Å². The standard InChI is InChI=1S/C32H34ClN5O2/c1-23-20-27(24(2)38(23)29-9-5-4-8-28(29)33)21-34-35-32(39)26-14-12-25(13-15-26)22-36-16-18-37(19-17-36)30-10-6-7-11-31(30)40-3/h4-15,20-21H,16-19,22H2,1-3H3,(H,35,39)/b34-21+. The lowest BCUT2D eigenvalue weighted by molar-refractivity contribution is 0.0955. The predicted molar refractivity (Wildman–Crippen MR) is 162 cm³/mol. The zero-order valence-electron chi connectivity index (χ0n) is 23.1. The third-order valence-electron chi connectivity index (χ3n) is 7.35. The summed E-state index contributed by atoms with van der Waals surface area (Å²) in [6, 6.07) is 25.7. The first-order valence-corrected chi connectivity index (χ1v) is 13.8. The molecule has 2 heterocycles. The number of aryl methyl sites for hydroxylation is 1. The van der Waals surface area contributed by atoms with Crippen molar-refractivity contribution >= 4 is 29.4 Å². The topological polar surface area (TPSA) is 62.1 Å². The van der Waals surface area contributed by atoms with Gasteiger partial charge in [-0.15, -0.1) is 0 Å². The zero-order valence-corrected chi connectivity index (χ0v) is 23.9. The van der Waals surface area contributed by atoms with Crippen molar-refractivity contribution in [2.75, 3.05) is 38.2 Å². The van der Waals surface area contributed by atoms with Crippen molar-refractivity contribution in [3.8, 4) is 11.4 Å². The van der Waals surface area contributed by atoms with E-state index in [9.17, 15) is 4.79 Å². The SMILES string of the molecule is COc1ccccc1N1CCN(Cc2ccc(C(=O)N/N=C/c3cc(C)n(-c4ccccc4Cl)c3C)cc2)CC1. The number of aromatic nitrogens is 1. The van der Waals surface area contributed by atoms with Crippen LogP contribution in [-0.4, -0.2) is 54.9 Å². The molecular weight excluding hydrogens is 522 g/mol. The molecule has 0 saturated carbocycles. The van der Waals surface area contributed by atoms with Gasteiger partial charge < -0.3 is 14.2 Å². The van der Waals surface area contributed by atoms with Crippen molar-refractivity contribution in [2.45, 2.75) is 20.4 Å². The lowest BCUT2D eigenvalue weighted by Crippen LogP contribution is -2.46. The molecule has 0 spiro atoms. The third kappa shape index (κ3) is 6.06. The number of nitrogens with one attached hydrogen (secondary N) is 1. The van der Waals surface area contributed by atoms with Crippen molar-refractivity contribution in [1.29, 1.82) is 0 Å². The molecule has 40 heavy (non-hydrogen) atoms. The average Bonchev–Trinajstić information content (AvgIpc) is 3.26. The first-order chi connectivity index (χ1) is 19.4. The number of nitrogens with zero attached hydrogens (tertiary/aromatic N) is 4. The minimum Gasteiger partial charge on any atom is -0.495 e. The van der Waals surface area contributed by atoms with Crippen molar-refractivity contribution < 1.29 is 9.53 Å². The second kappa shape index (κ2) is 12.4. The highest BCUT2D eigenvalue weighted by Gasteiger charge is 2.20. The number of hydrogen-bond donors (Lipinski definition) is 1. The van der Waals surface area contributed by atoms with Crippen LogP contribution in [0.2, 0.25) is 5.02 Å². The van der Waals surface area contributed by atoms with Gasteiger partial charge in [-0.25, -0.2) is 5.43 Å². The number of benzene rings is 3. The fraction of sp³-hybridized carbons (Fsp3) is 0.250. The smallest absolute Gasteiger partial charge is 0.271 e. The lowest BCUT2D eigenvalue weighted by Gasteiger charge is -2.36. The molecular formula is C32H34ClN5O2. The number of amides is 1. The number of carbonyl (C=O) groups is 1. The fourth-order valence-electron chi connectivity index (χ4n) is 5.20. The second-order valence-corrected chi connectivity index (χ2v) is 10.4. The number of carbonyl (C=O) groups excluding carboxylic acids is 1. The largest absolute Gasteiger partial charge is 0.495 e. The van der Waals surface area contributed by atoms with Gasteiger partial charge in [0.25, 0.3) is 5.91 Å². The molecule has 1 aliphatic heterocycles. The predicted octanol–water partition coefficient (Wildman–Crippen LogP) is 5.84. The van der Waals surface area contributed by atoms with E-state index in [0.29, 0.717) is 10.6 Å². The van der Waals surface area contributed by atoms with Crippen LogP contribution in [0.3, 0.4) is 0 Å². The van der Waals surface area contributed by atoms with Crippen LogP contribution in [0, 0.1) is 13.8 Å². The molecule has 0 bridgehead atoms. The number of methoxy groups -OCH3 is 1. The molecule has 8 heteroatoms. The second-order valence-electron chi connectivity index (χ2n) is 9.94. The Morgan fingerprint density at radius 2 is 1.62 bits per heavy atom. The molecule has 1 aliphatic rings. The first kappa shape index (κ1) is 27.5. The Balaban J connectivity index is 1.14. The maximum Gasteiger partial charge on any atom is 0.271 e. The molecule has 1 amide bonds. The van der Waals surface area contributed by atoms with Gasteiger partial charge in [0, 0.05) is 55.2 Å². The van der Waals surface area contributed by atoms with E-state index in [-0.39, 0.29) is 5.91 Å². The highest BCUT2D eigenvalue weighted by molar-refractivity contribution is 6.32. The van der Waals surface area contributed by atoms with Crippen LogP contribution >= 0.6 is 11.6 Å². The van der Waals surface area contributed by atoms with Gasteiger partial charge in [0.1, 0.15) is 5.75 Å². The summed E-state index contributed by atoms with van der Waals surface area (Å²) in [6.45, 7) is 8.70. The fourth-order valence-corrected chi connectivity index (χ4v) is 5.42. The maximum absolute atomic E-state index is 12.7. The molecule has 1 saturated heterocycles. The van der Waals surface area contributed by atoms with Crippen LogP contribution in [0.25, 0.3) is 5.69 Å². The van der Waals surface area contributed by atoms with Gasteiger partial charge in [-0.2, -0.15) is 5.10 Å². The van der Waals surface area contributed by atoms with Crippen molar-refractivity contribution in [2.24, 2.45) is 5.10 Å². The van der Waals surface area contributed by atoms with E-state index < -0.39 is 0 Å². The third-order valence-corrected chi connectivity index (χ3v) is 7.67. The quantitative estimate of drug-likeness (QED) is 0.219. The van der Waals surface area contributed by atoms with Crippen molar-refractivity contribution in [1.82, 2.24) is 14.9 Å². The molecule has 0 radical (unpaired) electrons. The zero-order chi connectivity index (χ0) is 28.1. The molecule has 4 aromatic rings. The van der Waals surface area contributed by atoms with Crippen LogP contribution in [0.1, 0.15) is 32.9 Å². The molecule has 206 valence electrons. The molecule has 3 aromatic carbocycles. The number of ether oxygens (including phenoxy) is 1. The van der Waals surface area contributed by atoms with Gasteiger partial charge in [0.05, 0.1) is 29.7 Å². The Bertz CT molecular complexity index is 1500. The van der Waals surface area contributed by atoms with E-state index in [1.165, 1.54) is 5.56 Å². The Morgan fingerprint density at radius 1 is 0.950 bits per heavy atom. The molecule has 7 nitrogen and oxygen atoms in total. The number of para-hydroxylation sites is 3. The van der Waals surface area contributed by atoms with Gasteiger partial charge in [0.15, 0.2) is 0 Å². The number of hydrazone groups is 1. The van der Waals surface area contributed by atoms with Gasteiger partial charge in [0.2, 0.25) is 0 Å². The lowest BCUT2D eigenvalue weighted by atomic mass is 10.1. The normalized spacial score (nSPS) is 14.1. The Morgan fingerprint density at radius 3 is 2.33 bits per heavy atom. The van der Waals surface area contributed by atoms with Crippen LogP contribution in [0.15, 0.2) is 84.0 Å². The Labute approximate surface area is 240 Å². The first-order valence-electron chi connectivity index (χ1n) is 13.4. The summed E-state index contributed by atoms with van der Waals surface area (Å²) in [5.74, 6) is 0.669. The van der Waals surface area contributed by atoms with E-state index >= 15 is 0 Å². The summed E-state index contributed by atoms with van der Waals surface area (Å²) < 4.78 is 7.61. The molecule has 0 unspecified atom stereocenters. The highest BCUT2D eigenvalue weighted by Crippen LogP contribution is 2.29. The average molecular weight is 556 g/mol. The van der Waals surface area contributed by atoms with E-state index in [2.05, 4.69) is 31.0 Å². The van der Waals surface area contributed by atoms with Gasteiger partial charge in [-0.3, -0.25) is 9.69 Å². The van der Waals surface area contributed by atoms with Gasteiger partial charge >= 0.3 is 0 Å². The van der Waals surface area contributed by atoms with Crippen molar-refractivity contribution in [3.05, 3.63) is 112 Å². The van der Waals surface area contributed by atoms with Crippen LogP contribution in [0.5, 0.6) is 5.75 Å². The number of piperazine rings is 1. The van der Waals surface area contributed by atoms with Gasteiger partial charge in [-0.05, 0) is 61.9 Å². The molecule has 1 fully saturated rings. The highest BCUT2D eigenvalue weighted by atomic mass is 35.5. The molecule has 1 aromatic heterocycles. The van der Waals surface area contributed by atoms with Crippen LogP contribution in [0.4, 0.5) is 5.69 Å². The number of rotatable bonds is 8. The van der Waals surface area contributed by atoms with Crippen LogP contribution in [-0.2, 0) is 6.54 Å². The van der Waals surface area contributed by atoms with Crippen LogP contribution < -0.4 is 15.1 Å². The summed E-state index contributed by atoms with van der Waals surface area (Å²) in [7, 11) is 1.72. The number of hydrogen-bond acceptors (Lipinski definition) is 5. The Kier molecular flexibility index (Phi) is 8.53. The molecule has 0 aliphatic carbocycles. The monoisotopic (exact) mass is 555 g/mol. The summed E-state index contributed by atoms with van der Waals surface area (Å²) in [6.07, 6.45) is 1.67. The number of halogens is 1. The molecule has 0 atom stereocenters. The summed E-state index contributed by atoms with van der Waals surface area (Å²) in [5, 5.41) is 4.90. The number of anilines is 1. The summed E-state index contributed by atoms with van der Waals surface area (Å²) in [4.78, 5) is 17.5. The van der Waals surface area contributed by atoms with Gasteiger partial charge in [-0.1, -0.05) is 48.0 Å².